The number of ether oxygens (including phenoxy) is 3. The fourth-order valence-corrected chi connectivity index (χ4v) is 3.07. The van der Waals surface area contributed by atoms with Crippen molar-refractivity contribution in [3.05, 3.63) is 17.7 Å². The summed E-state index contributed by atoms with van der Waals surface area (Å²) in [7, 11) is 0. The monoisotopic (exact) mass is 335 g/mol. The predicted molar refractivity (Wildman–Crippen MR) is 94.2 cm³/mol. The number of hydrogen-bond donors (Lipinski definition) is 1. The van der Waals surface area contributed by atoms with E-state index in [4.69, 9.17) is 14.2 Å². The van der Waals surface area contributed by atoms with Crippen LogP contribution in [0.25, 0.3) is 0 Å². The Kier molecular flexibility index (Phi) is 7.22. The van der Waals surface area contributed by atoms with Gasteiger partial charge in [-0.3, -0.25) is 4.79 Å². The highest BCUT2D eigenvalue weighted by molar-refractivity contribution is 5.95. The molecule has 134 valence electrons. The normalized spacial score (nSPS) is 14.5. The largest absolute Gasteiger partial charge is 0.490 e. The third-order valence-electron chi connectivity index (χ3n) is 4.20. The third-order valence-corrected chi connectivity index (χ3v) is 4.20. The van der Waals surface area contributed by atoms with Gasteiger partial charge in [-0.15, -0.1) is 0 Å². The molecule has 5 nitrogen and oxygen atoms in total. The van der Waals surface area contributed by atoms with Gasteiger partial charge < -0.3 is 19.5 Å². The number of amides is 1. The summed E-state index contributed by atoms with van der Waals surface area (Å²) in [5.41, 5.74) is 0.545. The summed E-state index contributed by atoms with van der Waals surface area (Å²) in [6, 6.07) is 3.47. The lowest BCUT2D eigenvalue weighted by atomic mass is 10.1. The second-order valence-electron chi connectivity index (χ2n) is 5.96. The van der Waals surface area contributed by atoms with Gasteiger partial charge in [-0.25, -0.2) is 0 Å². The summed E-state index contributed by atoms with van der Waals surface area (Å²) < 4.78 is 17.0. The molecule has 1 aliphatic carbocycles. The van der Waals surface area contributed by atoms with E-state index in [1.807, 2.05) is 20.8 Å². The Morgan fingerprint density at radius 3 is 2.04 bits per heavy atom. The van der Waals surface area contributed by atoms with Crippen molar-refractivity contribution in [3.8, 4) is 17.2 Å². The minimum atomic E-state index is -0.0909. The van der Waals surface area contributed by atoms with Gasteiger partial charge >= 0.3 is 0 Å². The lowest BCUT2D eigenvalue weighted by Crippen LogP contribution is -2.28. The molecule has 0 radical (unpaired) electrons. The summed E-state index contributed by atoms with van der Waals surface area (Å²) >= 11 is 0. The maximum atomic E-state index is 12.5. The third kappa shape index (κ3) is 4.79. The molecule has 1 fully saturated rings. The highest BCUT2D eigenvalue weighted by Gasteiger charge is 2.20. The second-order valence-corrected chi connectivity index (χ2v) is 5.96. The van der Waals surface area contributed by atoms with Crippen molar-refractivity contribution in [2.45, 2.75) is 46.5 Å². The summed E-state index contributed by atoms with van der Waals surface area (Å²) in [6.45, 7) is 7.96. The van der Waals surface area contributed by atoms with Crippen LogP contribution in [0.15, 0.2) is 12.1 Å². The van der Waals surface area contributed by atoms with E-state index in [0.29, 0.717) is 48.6 Å². The molecule has 0 atom stereocenters. The van der Waals surface area contributed by atoms with Gasteiger partial charge in [0.25, 0.3) is 5.91 Å². The quantitative estimate of drug-likeness (QED) is 0.746. The molecule has 0 aliphatic heterocycles. The Morgan fingerprint density at radius 2 is 1.54 bits per heavy atom. The zero-order valence-corrected chi connectivity index (χ0v) is 15.0. The van der Waals surface area contributed by atoms with E-state index in [1.54, 1.807) is 12.1 Å². The average molecular weight is 335 g/mol. The van der Waals surface area contributed by atoms with Gasteiger partial charge in [0.1, 0.15) is 0 Å². The minimum absolute atomic E-state index is 0.0909. The Morgan fingerprint density at radius 1 is 1.00 bits per heavy atom. The molecule has 1 aromatic rings. The number of carbonyl (C=O) groups is 1. The summed E-state index contributed by atoms with van der Waals surface area (Å²) in [6.07, 6.45) is 4.95. The molecule has 1 aliphatic rings. The number of benzene rings is 1. The molecular formula is C19H29NO4. The fraction of sp³-hybridized carbons (Fsp3) is 0.632. The van der Waals surface area contributed by atoms with Gasteiger partial charge in [0, 0.05) is 12.1 Å². The van der Waals surface area contributed by atoms with Crippen LogP contribution in [0.3, 0.4) is 0 Å². The van der Waals surface area contributed by atoms with Crippen LogP contribution in [0, 0.1) is 5.92 Å². The van der Waals surface area contributed by atoms with E-state index in [1.165, 1.54) is 25.7 Å². The Bertz CT molecular complexity index is 511. The smallest absolute Gasteiger partial charge is 0.251 e. The van der Waals surface area contributed by atoms with E-state index in [2.05, 4.69) is 5.32 Å². The molecule has 0 heterocycles. The van der Waals surface area contributed by atoms with E-state index in [-0.39, 0.29) is 5.91 Å². The summed E-state index contributed by atoms with van der Waals surface area (Å²) in [5, 5.41) is 3.04. The highest BCUT2D eigenvalue weighted by atomic mass is 16.5. The molecule has 5 heteroatoms. The fourth-order valence-electron chi connectivity index (χ4n) is 3.07. The summed E-state index contributed by atoms with van der Waals surface area (Å²) in [5.74, 6) is 2.18. The van der Waals surface area contributed by atoms with Crippen LogP contribution in [-0.4, -0.2) is 32.3 Å². The lowest BCUT2D eigenvalue weighted by Gasteiger charge is -2.17. The summed E-state index contributed by atoms with van der Waals surface area (Å²) in [4.78, 5) is 12.5. The van der Waals surface area contributed by atoms with Crippen LogP contribution in [0.4, 0.5) is 0 Å². The van der Waals surface area contributed by atoms with Gasteiger partial charge in [-0.1, -0.05) is 12.8 Å². The van der Waals surface area contributed by atoms with Gasteiger partial charge in [-0.2, -0.15) is 0 Å². The standard InChI is InChI=1S/C19H29NO4/c1-4-22-16-11-15(12-17(23-5-2)18(16)24-6-3)19(21)20-13-14-9-7-8-10-14/h11-12,14H,4-10,13H2,1-3H3,(H,20,21). The SMILES string of the molecule is CCOc1cc(C(=O)NCC2CCCC2)cc(OCC)c1OCC. The van der Waals surface area contributed by atoms with Gasteiger partial charge in [-0.05, 0) is 51.7 Å². The maximum absolute atomic E-state index is 12.5. The van der Waals surface area contributed by atoms with Crippen LogP contribution in [0.5, 0.6) is 17.2 Å². The van der Waals surface area contributed by atoms with E-state index in [9.17, 15) is 4.79 Å². The second kappa shape index (κ2) is 9.40. The molecule has 1 amide bonds. The first-order valence-electron chi connectivity index (χ1n) is 9.04. The van der Waals surface area contributed by atoms with Gasteiger partial charge in [0.15, 0.2) is 11.5 Å². The van der Waals surface area contributed by atoms with Gasteiger partial charge in [0.2, 0.25) is 5.75 Å². The Hall–Kier alpha value is -1.91. The Labute approximate surface area is 144 Å². The molecule has 0 spiro atoms. The van der Waals surface area contributed by atoms with Crippen LogP contribution in [0.2, 0.25) is 0 Å². The number of hydrogen-bond acceptors (Lipinski definition) is 4. The van der Waals surface area contributed by atoms with Crippen LogP contribution < -0.4 is 19.5 Å². The van der Waals surface area contributed by atoms with Crippen molar-refractivity contribution in [1.29, 1.82) is 0 Å². The van der Waals surface area contributed by atoms with Gasteiger partial charge in [0.05, 0.1) is 19.8 Å². The van der Waals surface area contributed by atoms with E-state index >= 15 is 0 Å². The molecule has 1 saturated carbocycles. The van der Waals surface area contributed by atoms with Crippen LogP contribution in [0.1, 0.15) is 56.8 Å². The molecule has 24 heavy (non-hydrogen) atoms. The molecule has 2 rings (SSSR count). The van der Waals surface area contributed by atoms with Crippen LogP contribution >= 0.6 is 0 Å². The molecule has 1 N–H and O–H groups in total. The zero-order valence-electron chi connectivity index (χ0n) is 15.0. The van der Waals surface area contributed by atoms with E-state index in [0.717, 1.165) is 6.54 Å². The molecular weight excluding hydrogens is 306 g/mol. The maximum Gasteiger partial charge on any atom is 0.251 e. The number of carbonyl (C=O) groups excluding carboxylic acids is 1. The molecule has 1 aromatic carbocycles. The highest BCUT2D eigenvalue weighted by Crippen LogP contribution is 2.39. The van der Waals surface area contributed by atoms with Crippen molar-refractivity contribution in [2.24, 2.45) is 5.92 Å². The first kappa shape index (κ1) is 18.4. The van der Waals surface area contributed by atoms with Crippen molar-refractivity contribution < 1.29 is 19.0 Å². The zero-order chi connectivity index (χ0) is 17.4. The van der Waals surface area contributed by atoms with E-state index < -0.39 is 0 Å². The van der Waals surface area contributed by atoms with Crippen LogP contribution in [-0.2, 0) is 0 Å². The Balaban J connectivity index is 2.18. The van der Waals surface area contributed by atoms with Crippen molar-refractivity contribution >= 4 is 5.91 Å². The first-order valence-corrected chi connectivity index (χ1v) is 9.04. The molecule has 0 unspecified atom stereocenters. The number of rotatable bonds is 9. The predicted octanol–water partition coefficient (Wildman–Crippen LogP) is 3.80. The molecule has 0 aromatic heterocycles. The topological polar surface area (TPSA) is 56.8 Å². The van der Waals surface area contributed by atoms with Crippen molar-refractivity contribution in [2.75, 3.05) is 26.4 Å². The number of nitrogens with one attached hydrogen (secondary N) is 1. The molecule has 0 bridgehead atoms. The lowest BCUT2D eigenvalue weighted by molar-refractivity contribution is 0.0946. The van der Waals surface area contributed by atoms with Crippen molar-refractivity contribution in [3.63, 3.8) is 0 Å². The van der Waals surface area contributed by atoms with Crippen molar-refractivity contribution in [1.82, 2.24) is 5.32 Å². The first-order chi connectivity index (χ1) is 11.7. The minimum Gasteiger partial charge on any atom is -0.490 e. The molecule has 0 saturated heterocycles. The average Bonchev–Trinajstić information content (AvgIpc) is 3.09.